The molecule has 27 heavy (non-hydrogen) atoms. The number of anilines is 1. The fourth-order valence-electron chi connectivity index (χ4n) is 2.01. The van der Waals surface area contributed by atoms with Crippen molar-refractivity contribution in [2.45, 2.75) is 11.8 Å². The topological polar surface area (TPSA) is 116 Å². The predicted molar refractivity (Wildman–Crippen MR) is 99.9 cm³/mol. The number of benzene rings is 2. The Bertz CT molecular complexity index is 866. The molecule has 2 aromatic rings. The van der Waals surface area contributed by atoms with Gasteiger partial charge in [-0.3, -0.25) is 19.7 Å². The van der Waals surface area contributed by atoms with Gasteiger partial charge in [-0.05, 0) is 31.2 Å². The number of Topliss-reactive ketones (excluding diaryl/α,β-unsaturated/α-hetero) is 1. The van der Waals surface area contributed by atoms with E-state index in [1.165, 1.54) is 43.0 Å². The predicted octanol–water partition coefficient (Wildman–Crippen LogP) is 3.07. The first-order chi connectivity index (χ1) is 12.9. The molecule has 9 heteroatoms. The number of esters is 1. The van der Waals surface area contributed by atoms with Gasteiger partial charge in [0.25, 0.3) is 11.6 Å². The Morgan fingerprint density at radius 1 is 1.11 bits per heavy atom. The Hall–Kier alpha value is -3.20. The summed E-state index contributed by atoms with van der Waals surface area (Å²) in [6.45, 7) is 0.942. The molecule has 2 aromatic carbocycles. The van der Waals surface area contributed by atoms with Crippen LogP contribution < -0.4 is 5.32 Å². The van der Waals surface area contributed by atoms with E-state index in [2.05, 4.69) is 5.32 Å². The number of nitro groups is 1. The third kappa shape index (κ3) is 6.23. The maximum atomic E-state index is 12.2. The lowest BCUT2D eigenvalue weighted by Crippen LogP contribution is -2.21. The van der Waals surface area contributed by atoms with E-state index in [9.17, 15) is 24.5 Å². The van der Waals surface area contributed by atoms with Crippen LogP contribution in [0.1, 0.15) is 17.3 Å². The average molecular weight is 388 g/mol. The number of amides is 1. The summed E-state index contributed by atoms with van der Waals surface area (Å²) in [5.41, 5.74) is 0.519. The van der Waals surface area contributed by atoms with Gasteiger partial charge in [0, 0.05) is 22.7 Å². The van der Waals surface area contributed by atoms with Gasteiger partial charge in [0.05, 0.1) is 16.2 Å². The molecular formula is C18H16N2O6S. The molecule has 0 aliphatic rings. The summed E-state index contributed by atoms with van der Waals surface area (Å²) in [7, 11) is 0. The van der Waals surface area contributed by atoms with Gasteiger partial charge >= 0.3 is 5.97 Å². The van der Waals surface area contributed by atoms with Gasteiger partial charge in [-0.15, -0.1) is 11.8 Å². The molecule has 2 rings (SSSR count). The number of ketones is 1. The number of carbonyl (C=O) groups is 3. The van der Waals surface area contributed by atoms with Crippen LogP contribution in [0.5, 0.6) is 0 Å². The molecule has 0 saturated heterocycles. The summed E-state index contributed by atoms with van der Waals surface area (Å²) in [6.07, 6.45) is 0. The number of nitro benzene ring substituents is 1. The maximum absolute atomic E-state index is 12.2. The van der Waals surface area contributed by atoms with E-state index < -0.39 is 23.4 Å². The summed E-state index contributed by atoms with van der Waals surface area (Å²) in [5, 5.41) is 13.1. The minimum Gasteiger partial charge on any atom is -0.452 e. The highest BCUT2D eigenvalue weighted by molar-refractivity contribution is 8.00. The highest BCUT2D eigenvalue weighted by Crippen LogP contribution is 2.23. The SMILES string of the molecule is CC(=O)CSc1ccccc1C(=O)OCC(=O)Nc1ccc([N+](=O)[O-])cc1. The third-order valence-corrected chi connectivity index (χ3v) is 4.45. The zero-order valence-electron chi connectivity index (χ0n) is 14.3. The van der Waals surface area contributed by atoms with Gasteiger partial charge in [0.1, 0.15) is 5.78 Å². The average Bonchev–Trinajstić information content (AvgIpc) is 2.65. The van der Waals surface area contributed by atoms with Gasteiger partial charge < -0.3 is 10.1 Å². The van der Waals surface area contributed by atoms with Crippen LogP contribution in [0.25, 0.3) is 0 Å². The first kappa shape index (κ1) is 20.1. The van der Waals surface area contributed by atoms with Crippen LogP contribution in [0.15, 0.2) is 53.4 Å². The van der Waals surface area contributed by atoms with Crippen molar-refractivity contribution >= 4 is 40.8 Å². The highest BCUT2D eigenvalue weighted by Gasteiger charge is 2.15. The van der Waals surface area contributed by atoms with E-state index in [1.54, 1.807) is 24.3 Å². The van der Waals surface area contributed by atoms with Crippen LogP contribution in [0.4, 0.5) is 11.4 Å². The molecule has 0 aromatic heterocycles. The lowest BCUT2D eigenvalue weighted by molar-refractivity contribution is -0.384. The number of nitrogens with one attached hydrogen (secondary N) is 1. The molecule has 0 fully saturated rings. The molecule has 0 aliphatic heterocycles. The number of hydrogen-bond acceptors (Lipinski definition) is 7. The monoisotopic (exact) mass is 388 g/mol. The van der Waals surface area contributed by atoms with Crippen molar-refractivity contribution in [2.24, 2.45) is 0 Å². The van der Waals surface area contributed by atoms with Gasteiger partial charge in [-0.25, -0.2) is 4.79 Å². The van der Waals surface area contributed by atoms with Crippen LogP contribution in [0.2, 0.25) is 0 Å². The maximum Gasteiger partial charge on any atom is 0.339 e. The third-order valence-electron chi connectivity index (χ3n) is 3.23. The Labute approximate surface area is 159 Å². The quantitative estimate of drug-likeness (QED) is 0.320. The molecular weight excluding hydrogens is 372 g/mol. The molecule has 140 valence electrons. The van der Waals surface area contributed by atoms with Crippen molar-refractivity contribution in [1.82, 2.24) is 0 Å². The molecule has 0 radical (unpaired) electrons. The Kier molecular flexibility index (Phi) is 7.07. The van der Waals surface area contributed by atoms with Crippen molar-refractivity contribution in [3.8, 4) is 0 Å². The zero-order chi connectivity index (χ0) is 19.8. The number of rotatable bonds is 8. The fourth-order valence-corrected chi connectivity index (χ4v) is 2.85. The Morgan fingerprint density at radius 3 is 2.41 bits per heavy atom. The van der Waals surface area contributed by atoms with E-state index >= 15 is 0 Å². The summed E-state index contributed by atoms with van der Waals surface area (Å²) in [4.78, 5) is 45.9. The summed E-state index contributed by atoms with van der Waals surface area (Å²) < 4.78 is 5.01. The van der Waals surface area contributed by atoms with Crippen molar-refractivity contribution < 1.29 is 24.0 Å². The van der Waals surface area contributed by atoms with Gasteiger partial charge in [-0.1, -0.05) is 12.1 Å². The molecule has 0 saturated carbocycles. The lowest BCUT2D eigenvalue weighted by Gasteiger charge is -2.09. The fraction of sp³-hybridized carbons (Fsp3) is 0.167. The smallest absolute Gasteiger partial charge is 0.339 e. The lowest BCUT2D eigenvalue weighted by atomic mass is 10.2. The molecule has 0 heterocycles. The van der Waals surface area contributed by atoms with Crippen LogP contribution in [-0.2, 0) is 14.3 Å². The van der Waals surface area contributed by atoms with Gasteiger partial charge in [-0.2, -0.15) is 0 Å². The van der Waals surface area contributed by atoms with Crippen LogP contribution in [0, 0.1) is 10.1 Å². The van der Waals surface area contributed by atoms with Crippen LogP contribution >= 0.6 is 11.8 Å². The van der Waals surface area contributed by atoms with Crippen LogP contribution in [-0.4, -0.2) is 34.9 Å². The number of thioether (sulfide) groups is 1. The minimum atomic E-state index is -0.680. The Balaban J connectivity index is 1.92. The van der Waals surface area contributed by atoms with E-state index in [4.69, 9.17) is 4.74 Å². The number of nitrogens with zero attached hydrogens (tertiary/aromatic N) is 1. The standard InChI is InChI=1S/C18H16N2O6S/c1-12(21)11-27-16-5-3-2-4-15(16)18(23)26-10-17(22)19-13-6-8-14(9-7-13)20(24)25/h2-9H,10-11H2,1H3,(H,19,22). The molecule has 0 unspecified atom stereocenters. The van der Waals surface area contributed by atoms with Crippen molar-refractivity contribution in [3.63, 3.8) is 0 Å². The summed E-state index contributed by atoms with van der Waals surface area (Å²) >= 11 is 1.22. The minimum absolute atomic E-state index is 0.0225. The summed E-state index contributed by atoms with van der Waals surface area (Å²) in [5.74, 6) is -1.05. The van der Waals surface area contributed by atoms with Crippen LogP contribution in [0.3, 0.4) is 0 Å². The van der Waals surface area contributed by atoms with Crippen molar-refractivity contribution in [3.05, 3.63) is 64.2 Å². The summed E-state index contributed by atoms with van der Waals surface area (Å²) in [6, 6.07) is 11.9. The number of carbonyl (C=O) groups excluding carboxylic acids is 3. The second-order valence-electron chi connectivity index (χ2n) is 5.42. The largest absolute Gasteiger partial charge is 0.452 e. The normalized spacial score (nSPS) is 10.1. The Morgan fingerprint density at radius 2 is 1.78 bits per heavy atom. The molecule has 1 amide bonds. The molecule has 0 atom stereocenters. The van der Waals surface area contributed by atoms with Gasteiger partial charge in [0.2, 0.25) is 0 Å². The van der Waals surface area contributed by atoms with E-state index in [-0.39, 0.29) is 22.8 Å². The molecule has 8 nitrogen and oxygen atoms in total. The number of non-ortho nitro benzene ring substituents is 1. The molecule has 0 aliphatic carbocycles. The molecule has 1 N–H and O–H groups in total. The van der Waals surface area contributed by atoms with Crippen molar-refractivity contribution in [2.75, 3.05) is 17.7 Å². The first-order valence-corrected chi connectivity index (χ1v) is 8.78. The second-order valence-corrected chi connectivity index (χ2v) is 6.43. The molecule has 0 spiro atoms. The van der Waals surface area contributed by atoms with E-state index in [0.717, 1.165) is 0 Å². The number of hydrogen-bond donors (Lipinski definition) is 1. The van der Waals surface area contributed by atoms with E-state index in [1.807, 2.05) is 0 Å². The zero-order valence-corrected chi connectivity index (χ0v) is 15.2. The number of ether oxygens (including phenoxy) is 1. The van der Waals surface area contributed by atoms with Gasteiger partial charge in [0.15, 0.2) is 6.61 Å². The van der Waals surface area contributed by atoms with Crippen molar-refractivity contribution in [1.29, 1.82) is 0 Å². The highest BCUT2D eigenvalue weighted by atomic mass is 32.2. The molecule has 0 bridgehead atoms. The van der Waals surface area contributed by atoms with E-state index in [0.29, 0.717) is 10.6 Å². The first-order valence-electron chi connectivity index (χ1n) is 7.79. The second kappa shape index (κ2) is 9.48.